The first kappa shape index (κ1) is 9.85. The molecule has 0 saturated heterocycles. The molecule has 13 heavy (non-hydrogen) atoms. The van der Waals surface area contributed by atoms with Crippen LogP contribution in [-0.4, -0.2) is 20.7 Å². The van der Waals surface area contributed by atoms with Crippen LogP contribution in [0.3, 0.4) is 0 Å². The Bertz CT molecular complexity index is 331. The molecular weight excluding hydrogens is 188 g/mol. The minimum atomic E-state index is -0.955. The molecule has 4 nitrogen and oxygen atoms in total. The van der Waals surface area contributed by atoms with Crippen molar-refractivity contribution in [2.24, 2.45) is 0 Å². The van der Waals surface area contributed by atoms with E-state index in [2.05, 4.69) is 9.59 Å². The van der Waals surface area contributed by atoms with Gasteiger partial charge in [0.1, 0.15) is 0 Å². The second-order valence-electron chi connectivity index (χ2n) is 2.85. The topological polar surface area (TPSA) is 63.1 Å². The van der Waals surface area contributed by atoms with Gasteiger partial charge in [-0.05, 0) is 23.5 Å². The van der Waals surface area contributed by atoms with Crippen LogP contribution >= 0.6 is 11.5 Å². The number of hydrogen-bond acceptors (Lipinski definition) is 4. The maximum absolute atomic E-state index is 10.3. The van der Waals surface area contributed by atoms with Gasteiger partial charge in [0.15, 0.2) is 0 Å². The number of carbonyl (C=O) groups is 1. The number of nitrogens with zero attached hydrogens (tertiary/aromatic N) is 2. The molecule has 0 aromatic carbocycles. The van der Waals surface area contributed by atoms with Crippen molar-refractivity contribution >= 4 is 23.6 Å². The Morgan fingerprint density at radius 2 is 2.31 bits per heavy atom. The summed E-state index contributed by atoms with van der Waals surface area (Å²) in [6.07, 6.45) is 2.63. The van der Waals surface area contributed by atoms with Crippen molar-refractivity contribution in [1.82, 2.24) is 9.59 Å². The standard InChI is InChI=1S/C8H10N2O2S/c1-5(2)8-6(13-10-9-8)3-4-7(11)12/h3-5H,1-2H3,(H,11,12)/b4-3+. The van der Waals surface area contributed by atoms with Crippen molar-refractivity contribution in [1.29, 1.82) is 0 Å². The fraction of sp³-hybridized carbons (Fsp3) is 0.375. The highest BCUT2D eigenvalue weighted by Gasteiger charge is 2.08. The van der Waals surface area contributed by atoms with Crippen molar-refractivity contribution in [2.45, 2.75) is 19.8 Å². The van der Waals surface area contributed by atoms with Crippen LogP contribution in [0.25, 0.3) is 6.08 Å². The predicted molar refractivity (Wildman–Crippen MR) is 50.7 cm³/mol. The summed E-state index contributed by atoms with van der Waals surface area (Å²) < 4.78 is 3.77. The highest BCUT2D eigenvalue weighted by Crippen LogP contribution is 2.20. The fourth-order valence-electron chi connectivity index (χ4n) is 0.867. The van der Waals surface area contributed by atoms with Crippen LogP contribution < -0.4 is 0 Å². The van der Waals surface area contributed by atoms with Crippen LogP contribution in [0.15, 0.2) is 6.08 Å². The lowest BCUT2D eigenvalue weighted by Gasteiger charge is -1.98. The third-order valence-corrected chi connectivity index (χ3v) is 2.17. The molecule has 1 N–H and O–H groups in total. The lowest BCUT2D eigenvalue weighted by atomic mass is 10.1. The zero-order valence-corrected chi connectivity index (χ0v) is 8.21. The molecule has 0 aliphatic rings. The van der Waals surface area contributed by atoms with Gasteiger partial charge in [-0.25, -0.2) is 4.79 Å². The highest BCUT2D eigenvalue weighted by molar-refractivity contribution is 7.06. The summed E-state index contributed by atoms with van der Waals surface area (Å²) in [6.45, 7) is 3.99. The van der Waals surface area contributed by atoms with Crippen molar-refractivity contribution in [3.05, 3.63) is 16.6 Å². The molecule has 0 atom stereocenters. The zero-order valence-electron chi connectivity index (χ0n) is 7.39. The van der Waals surface area contributed by atoms with E-state index in [1.807, 2.05) is 13.8 Å². The molecule has 5 heteroatoms. The lowest BCUT2D eigenvalue weighted by molar-refractivity contribution is -0.131. The van der Waals surface area contributed by atoms with Gasteiger partial charge in [-0.15, -0.1) is 5.10 Å². The summed E-state index contributed by atoms with van der Waals surface area (Å²) in [5.41, 5.74) is 0.850. The van der Waals surface area contributed by atoms with E-state index in [9.17, 15) is 4.79 Å². The Morgan fingerprint density at radius 1 is 1.62 bits per heavy atom. The first-order valence-electron chi connectivity index (χ1n) is 3.84. The summed E-state index contributed by atoms with van der Waals surface area (Å²) in [5, 5.41) is 12.3. The average Bonchev–Trinajstić information content (AvgIpc) is 2.47. The Labute approximate surface area is 80.1 Å². The van der Waals surface area contributed by atoms with E-state index >= 15 is 0 Å². The van der Waals surface area contributed by atoms with Crippen LogP contribution in [0.1, 0.15) is 30.3 Å². The monoisotopic (exact) mass is 198 g/mol. The molecule has 0 amide bonds. The van der Waals surface area contributed by atoms with E-state index < -0.39 is 5.97 Å². The number of rotatable bonds is 3. The highest BCUT2D eigenvalue weighted by atomic mass is 32.1. The molecule has 0 radical (unpaired) electrons. The van der Waals surface area contributed by atoms with Crippen LogP contribution in [-0.2, 0) is 4.79 Å². The minimum Gasteiger partial charge on any atom is -0.478 e. The van der Waals surface area contributed by atoms with Crippen LogP contribution in [0.5, 0.6) is 0 Å². The molecule has 1 rings (SSSR count). The molecule has 1 heterocycles. The summed E-state index contributed by atoms with van der Waals surface area (Å²) >= 11 is 1.21. The third kappa shape index (κ3) is 2.62. The number of aliphatic carboxylic acids is 1. The largest absolute Gasteiger partial charge is 0.478 e. The predicted octanol–water partition coefficient (Wildman–Crippen LogP) is 1.76. The number of carboxylic acid groups (broad SMARTS) is 1. The van der Waals surface area contributed by atoms with E-state index in [0.29, 0.717) is 0 Å². The van der Waals surface area contributed by atoms with E-state index in [1.165, 1.54) is 17.6 Å². The minimum absolute atomic E-state index is 0.271. The van der Waals surface area contributed by atoms with E-state index in [1.54, 1.807) is 0 Å². The molecule has 0 aliphatic heterocycles. The van der Waals surface area contributed by atoms with Gasteiger partial charge < -0.3 is 5.11 Å². The molecule has 1 aromatic rings. The SMILES string of the molecule is CC(C)c1nnsc1/C=C/C(=O)O. The Morgan fingerprint density at radius 3 is 2.85 bits per heavy atom. The molecule has 0 saturated carbocycles. The Balaban J connectivity index is 2.88. The average molecular weight is 198 g/mol. The normalized spacial score (nSPS) is 11.3. The second-order valence-corrected chi connectivity index (χ2v) is 3.63. The Kier molecular flexibility index (Phi) is 3.13. The Hall–Kier alpha value is -1.23. The number of hydrogen-bond donors (Lipinski definition) is 1. The molecule has 0 bridgehead atoms. The third-order valence-electron chi connectivity index (χ3n) is 1.46. The van der Waals surface area contributed by atoms with Crippen LogP contribution in [0, 0.1) is 0 Å². The van der Waals surface area contributed by atoms with Crippen molar-refractivity contribution in [3.63, 3.8) is 0 Å². The van der Waals surface area contributed by atoms with E-state index in [0.717, 1.165) is 16.6 Å². The van der Waals surface area contributed by atoms with Gasteiger partial charge in [0.25, 0.3) is 0 Å². The first-order chi connectivity index (χ1) is 6.11. The summed E-state index contributed by atoms with van der Waals surface area (Å²) in [4.78, 5) is 11.1. The van der Waals surface area contributed by atoms with Crippen molar-refractivity contribution in [3.8, 4) is 0 Å². The lowest BCUT2D eigenvalue weighted by Crippen LogP contribution is -1.91. The van der Waals surface area contributed by atoms with Gasteiger partial charge in [-0.1, -0.05) is 18.3 Å². The zero-order chi connectivity index (χ0) is 9.84. The van der Waals surface area contributed by atoms with Gasteiger partial charge in [-0.2, -0.15) is 0 Å². The van der Waals surface area contributed by atoms with Crippen LogP contribution in [0.2, 0.25) is 0 Å². The molecule has 70 valence electrons. The van der Waals surface area contributed by atoms with Crippen molar-refractivity contribution < 1.29 is 9.90 Å². The molecular formula is C8H10N2O2S. The number of aromatic nitrogens is 2. The van der Waals surface area contributed by atoms with Gasteiger partial charge in [0.2, 0.25) is 0 Å². The molecule has 0 spiro atoms. The summed E-state index contributed by atoms with van der Waals surface area (Å²) in [6, 6.07) is 0. The summed E-state index contributed by atoms with van der Waals surface area (Å²) in [5.74, 6) is -0.685. The first-order valence-corrected chi connectivity index (χ1v) is 4.62. The molecule has 0 unspecified atom stereocenters. The van der Waals surface area contributed by atoms with Crippen molar-refractivity contribution in [2.75, 3.05) is 0 Å². The molecule has 1 aromatic heterocycles. The smallest absolute Gasteiger partial charge is 0.328 e. The van der Waals surface area contributed by atoms with E-state index in [4.69, 9.17) is 5.11 Å². The van der Waals surface area contributed by atoms with Gasteiger partial charge >= 0.3 is 5.97 Å². The maximum atomic E-state index is 10.3. The molecule has 0 aliphatic carbocycles. The number of carboxylic acids is 1. The van der Waals surface area contributed by atoms with Gasteiger partial charge in [0.05, 0.1) is 10.6 Å². The van der Waals surface area contributed by atoms with E-state index in [-0.39, 0.29) is 5.92 Å². The maximum Gasteiger partial charge on any atom is 0.328 e. The van der Waals surface area contributed by atoms with Gasteiger partial charge in [-0.3, -0.25) is 0 Å². The fourth-order valence-corrected chi connectivity index (χ4v) is 1.58. The van der Waals surface area contributed by atoms with Crippen LogP contribution in [0.4, 0.5) is 0 Å². The molecule has 0 fully saturated rings. The van der Waals surface area contributed by atoms with Gasteiger partial charge in [0, 0.05) is 6.08 Å². The second kappa shape index (κ2) is 4.13. The quantitative estimate of drug-likeness (QED) is 0.752. The summed E-state index contributed by atoms with van der Waals surface area (Å²) in [7, 11) is 0.